The Balaban J connectivity index is 1.56. The molecule has 0 N–H and O–H groups in total. The van der Waals surface area contributed by atoms with Gasteiger partial charge < -0.3 is 19.1 Å². The van der Waals surface area contributed by atoms with Crippen LogP contribution in [0, 0.1) is 0 Å². The third kappa shape index (κ3) is 5.15. The van der Waals surface area contributed by atoms with E-state index < -0.39 is 5.97 Å². The van der Waals surface area contributed by atoms with Gasteiger partial charge in [-0.15, -0.1) is 0 Å². The third-order valence-electron chi connectivity index (χ3n) is 6.45. The number of hydrogen-bond donors (Lipinski definition) is 0. The predicted molar refractivity (Wildman–Crippen MR) is 146 cm³/mol. The lowest BCUT2D eigenvalue weighted by atomic mass is 9.94. The van der Waals surface area contributed by atoms with Gasteiger partial charge in [0.15, 0.2) is 11.5 Å². The second kappa shape index (κ2) is 11.0. The summed E-state index contributed by atoms with van der Waals surface area (Å²) in [5.41, 5.74) is 4.60. The second-order valence-electron chi connectivity index (χ2n) is 8.79. The first kappa shape index (κ1) is 24.8. The highest BCUT2D eigenvalue weighted by atomic mass is 16.6. The Morgan fingerprint density at radius 3 is 2.16 bits per heavy atom. The molecule has 0 unspecified atom stereocenters. The highest BCUT2D eigenvalue weighted by molar-refractivity contribution is 6.03. The normalized spacial score (nSPS) is 13.5. The van der Waals surface area contributed by atoms with Crippen LogP contribution in [0.4, 0.5) is 0 Å². The van der Waals surface area contributed by atoms with Crippen LogP contribution in [0.25, 0.3) is 11.8 Å². The summed E-state index contributed by atoms with van der Waals surface area (Å²) in [6, 6.07) is 29.3. The summed E-state index contributed by atoms with van der Waals surface area (Å²) in [6.45, 7) is 0.520. The van der Waals surface area contributed by atoms with Gasteiger partial charge in [-0.25, -0.2) is 4.79 Å². The third-order valence-corrected chi connectivity index (χ3v) is 6.45. The number of fused-ring (bicyclic) bond motifs is 1. The molecule has 190 valence electrons. The molecule has 5 rings (SSSR count). The van der Waals surface area contributed by atoms with E-state index in [2.05, 4.69) is 0 Å². The van der Waals surface area contributed by atoms with Gasteiger partial charge in [-0.3, -0.25) is 4.79 Å². The second-order valence-corrected chi connectivity index (χ2v) is 8.79. The largest absolute Gasteiger partial charge is 0.497 e. The number of methoxy groups -OCH3 is 2. The first-order chi connectivity index (χ1) is 18.6. The molecule has 4 aromatic rings. The maximum atomic E-state index is 13.6. The number of carbonyl (C=O) groups is 2. The minimum atomic E-state index is -0.482. The Morgan fingerprint density at radius 1 is 0.763 bits per heavy atom. The van der Waals surface area contributed by atoms with Crippen molar-refractivity contribution < 1.29 is 23.8 Å². The molecular weight excluding hydrogens is 478 g/mol. The summed E-state index contributed by atoms with van der Waals surface area (Å²) in [6.07, 6.45) is 2.63. The van der Waals surface area contributed by atoms with Gasteiger partial charge in [0, 0.05) is 17.7 Å². The zero-order valence-electron chi connectivity index (χ0n) is 21.2. The van der Waals surface area contributed by atoms with Crippen LogP contribution in [-0.4, -0.2) is 37.5 Å². The van der Waals surface area contributed by atoms with E-state index in [1.165, 1.54) is 7.11 Å². The molecule has 4 aromatic carbocycles. The Morgan fingerprint density at radius 2 is 1.47 bits per heavy atom. The van der Waals surface area contributed by atoms with Crippen molar-refractivity contribution in [2.45, 2.75) is 6.42 Å². The molecule has 0 spiro atoms. The molecule has 0 aliphatic carbocycles. The molecule has 0 saturated carbocycles. The summed E-state index contributed by atoms with van der Waals surface area (Å²) >= 11 is 0. The average molecular weight is 506 g/mol. The number of hydrogen-bond acceptors (Lipinski definition) is 5. The number of amides is 1. The van der Waals surface area contributed by atoms with E-state index in [4.69, 9.17) is 14.2 Å². The predicted octanol–water partition coefficient (Wildman–Crippen LogP) is 6.12. The van der Waals surface area contributed by atoms with E-state index >= 15 is 0 Å². The van der Waals surface area contributed by atoms with Gasteiger partial charge in [0.05, 0.1) is 25.5 Å². The fraction of sp³-hybridized carbons (Fsp3) is 0.125. The lowest BCUT2D eigenvalue weighted by Gasteiger charge is -2.32. The first-order valence-electron chi connectivity index (χ1n) is 12.3. The van der Waals surface area contributed by atoms with Crippen molar-refractivity contribution in [1.82, 2.24) is 4.90 Å². The molecule has 1 heterocycles. The van der Waals surface area contributed by atoms with E-state index in [1.54, 1.807) is 48.4 Å². The lowest BCUT2D eigenvalue weighted by molar-refractivity contribution is 0.0729. The zero-order valence-corrected chi connectivity index (χ0v) is 21.2. The van der Waals surface area contributed by atoms with Crippen LogP contribution >= 0.6 is 0 Å². The van der Waals surface area contributed by atoms with Gasteiger partial charge in [0.25, 0.3) is 5.91 Å². The molecule has 1 aliphatic rings. The number of esters is 1. The molecule has 1 aliphatic heterocycles. The monoisotopic (exact) mass is 505 g/mol. The van der Waals surface area contributed by atoms with Crippen LogP contribution in [0.5, 0.6) is 17.2 Å². The number of ether oxygens (including phenoxy) is 3. The van der Waals surface area contributed by atoms with E-state index in [0.29, 0.717) is 35.6 Å². The van der Waals surface area contributed by atoms with E-state index in [0.717, 1.165) is 28.1 Å². The van der Waals surface area contributed by atoms with Gasteiger partial charge in [-0.1, -0.05) is 42.5 Å². The molecule has 0 bridgehead atoms. The van der Waals surface area contributed by atoms with Gasteiger partial charge >= 0.3 is 5.97 Å². The number of rotatable bonds is 6. The van der Waals surface area contributed by atoms with Crippen LogP contribution in [0.1, 0.15) is 37.4 Å². The Kier molecular flexibility index (Phi) is 7.22. The summed E-state index contributed by atoms with van der Waals surface area (Å²) in [4.78, 5) is 28.1. The highest BCUT2D eigenvalue weighted by Crippen LogP contribution is 2.36. The Labute approximate surface area is 221 Å². The van der Waals surface area contributed by atoms with Crippen LogP contribution < -0.4 is 14.2 Å². The molecule has 0 atom stereocenters. The minimum absolute atomic E-state index is 0.0810. The molecule has 0 saturated heterocycles. The summed E-state index contributed by atoms with van der Waals surface area (Å²) < 4.78 is 16.6. The zero-order chi connectivity index (χ0) is 26.5. The number of nitrogens with zero attached hydrogens (tertiary/aromatic N) is 1. The van der Waals surface area contributed by atoms with Crippen molar-refractivity contribution in [2.24, 2.45) is 0 Å². The van der Waals surface area contributed by atoms with Gasteiger partial charge in [-0.05, 0) is 78.2 Å². The standard InChI is InChI=1S/C32H27NO5/c1-36-26-14-15-27-25(21-26)17-18-33(31(34)23-9-5-3-6-10-23)28(27)19-22-13-16-29(37-2)30(20-22)38-32(35)24-11-7-4-8-12-24/h3-16,19-21H,17-18H2,1-2H3/b28-19+. The van der Waals surface area contributed by atoms with E-state index in [1.807, 2.05) is 66.7 Å². The molecule has 1 amide bonds. The van der Waals surface area contributed by atoms with Crippen molar-refractivity contribution >= 4 is 23.6 Å². The Hall–Kier alpha value is -4.84. The molecule has 0 aromatic heterocycles. The summed E-state index contributed by atoms with van der Waals surface area (Å²) in [7, 11) is 3.17. The summed E-state index contributed by atoms with van der Waals surface area (Å²) in [5, 5.41) is 0. The highest BCUT2D eigenvalue weighted by Gasteiger charge is 2.27. The van der Waals surface area contributed by atoms with Crippen LogP contribution in [0.2, 0.25) is 0 Å². The molecule has 38 heavy (non-hydrogen) atoms. The van der Waals surface area contributed by atoms with Crippen molar-refractivity contribution in [3.8, 4) is 17.2 Å². The fourth-order valence-electron chi connectivity index (χ4n) is 4.51. The van der Waals surface area contributed by atoms with Crippen molar-refractivity contribution in [1.29, 1.82) is 0 Å². The van der Waals surface area contributed by atoms with E-state index in [9.17, 15) is 9.59 Å². The molecular formula is C32H27NO5. The first-order valence-corrected chi connectivity index (χ1v) is 12.3. The minimum Gasteiger partial charge on any atom is -0.497 e. The number of benzene rings is 4. The average Bonchev–Trinajstić information content (AvgIpc) is 2.97. The van der Waals surface area contributed by atoms with Crippen LogP contribution in [0.15, 0.2) is 97.1 Å². The summed E-state index contributed by atoms with van der Waals surface area (Å²) in [5.74, 6) is 0.933. The van der Waals surface area contributed by atoms with E-state index in [-0.39, 0.29) is 5.91 Å². The van der Waals surface area contributed by atoms with Crippen LogP contribution in [-0.2, 0) is 6.42 Å². The van der Waals surface area contributed by atoms with Gasteiger partial charge in [0.2, 0.25) is 0 Å². The molecule has 6 heteroatoms. The van der Waals surface area contributed by atoms with Crippen molar-refractivity contribution in [3.63, 3.8) is 0 Å². The Bertz CT molecular complexity index is 1500. The van der Waals surface area contributed by atoms with Gasteiger partial charge in [-0.2, -0.15) is 0 Å². The number of carbonyl (C=O) groups excluding carboxylic acids is 2. The molecule has 6 nitrogen and oxygen atoms in total. The molecule has 0 fully saturated rings. The van der Waals surface area contributed by atoms with Crippen molar-refractivity contribution in [2.75, 3.05) is 20.8 Å². The lowest BCUT2D eigenvalue weighted by Crippen LogP contribution is -2.35. The molecule has 0 radical (unpaired) electrons. The van der Waals surface area contributed by atoms with Crippen LogP contribution in [0.3, 0.4) is 0 Å². The van der Waals surface area contributed by atoms with Crippen molar-refractivity contribution in [3.05, 3.63) is 125 Å². The smallest absolute Gasteiger partial charge is 0.343 e. The quantitative estimate of drug-likeness (QED) is 0.233. The maximum absolute atomic E-state index is 13.6. The maximum Gasteiger partial charge on any atom is 0.343 e. The fourth-order valence-corrected chi connectivity index (χ4v) is 4.51. The topological polar surface area (TPSA) is 65.1 Å². The van der Waals surface area contributed by atoms with Gasteiger partial charge in [0.1, 0.15) is 5.75 Å². The SMILES string of the molecule is COc1ccc2c(c1)CCN(C(=O)c1ccccc1)/C2=C/c1ccc(OC)c(OC(=O)c2ccccc2)c1.